The Bertz CT molecular complexity index is 727. The van der Waals surface area contributed by atoms with Crippen LogP contribution in [0.4, 0.5) is 10.3 Å². The van der Waals surface area contributed by atoms with Crippen molar-refractivity contribution >= 4 is 28.9 Å². The van der Waals surface area contributed by atoms with Gasteiger partial charge in [-0.3, -0.25) is 0 Å². The van der Waals surface area contributed by atoms with E-state index in [2.05, 4.69) is 19.9 Å². The van der Waals surface area contributed by atoms with E-state index >= 15 is 0 Å². The maximum absolute atomic E-state index is 13.5. The van der Waals surface area contributed by atoms with E-state index in [-0.39, 0.29) is 11.8 Å². The first kappa shape index (κ1) is 11.9. The number of nitrogen functional groups attached to an aromatic ring is 1. The third-order valence-electron chi connectivity index (χ3n) is 2.59. The molecule has 3 aromatic rings. The number of anilines is 1. The van der Waals surface area contributed by atoms with Gasteiger partial charge in [-0.05, 0) is 11.6 Å². The van der Waals surface area contributed by atoms with Crippen LogP contribution < -0.4 is 5.73 Å². The summed E-state index contributed by atoms with van der Waals surface area (Å²) >= 11 is 1.39. The maximum atomic E-state index is 13.5. The van der Waals surface area contributed by atoms with Crippen molar-refractivity contribution in [2.24, 2.45) is 0 Å². The van der Waals surface area contributed by atoms with Crippen molar-refractivity contribution in [3.63, 3.8) is 0 Å². The molecule has 5 nitrogen and oxygen atoms in total. The Balaban J connectivity index is 1.90. The molecule has 3 rings (SSSR count). The van der Waals surface area contributed by atoms with Crippen LogP contribution >= 0.6 is 11.8 Å². The Morgan fingerprint density at radius 3 is 2.95 bits per heavy atom. The molecule has 2 aromatic heterocycles. The molecular formula is C12H10FN5S. The average Bonchev–Trinajstić information content (AvgIpc) is 2.85. The normalized spacial score (nSPS) is 11.0. The monoisotopic (exact) mass is 275 g/mol. The first-order valence-electron chi connectivity index (χ1n) is 5.57. The van der Waals surface area contributed by atoms with Gasteiger partial charge in [0.15, 0.2) is 5.65 Å². The number of nitrogens with one attached hydrogen (secondary N) is 1. The summed E-state index contributed by atoms with van der Waals surface area (Å²) in [6.07, 6.45) is 1.53. The van der Waals surface area contributed by atoms with E-state index in [1.54, 1.807) is 18.2 Å². The van der Waals surface area contributed by atoms with Gasteiger partial charge in [-0.1, -0.05) is 30.0 Å². The number of thioether (sulfide) groups is 1. The number of benzene rings is 1. The molecule has 0 radical (unpaired) electrons. The van der Waals surface area contributed by atoms with E-state index in [0.29, 0.717) is 22.0 Å². The fourth-order valence-electron chi connectivity index (χ4n) is 1.69. The molecule has 3 N–H and O–H groups in total. The van der Waals surface area contributed by atoms with Crippen molar-refractivity contribution in [3.8, 4) is 0 Å². The number of hydrogen-bond acceptors (Lipinski definition) is 5. The van der Waals surface area contributed by atoms with Crippen molar-refractivity contribution in [2.75, 3.05) is 5.73 Å². The van der Waals surface area contributed by atoms with E-state index in [0.717, 1.165) is 5.52 Å². The molecule has 0 amide bonds. The molecule has 0 fully saturated rings. The van der Waals surface area contributed by atoms with Crippen LogP contribution in [0.25, 0.3) is 11.2 Å². The van der Waals surface area contributed by atoms with E-state index in [9.17, 15) is 4.39 Å². The second-order valence-electron chi connectivity index (χ2n) is 3.87. The van der Waals surface area contributed by atoms with Gasteiger partial charge in [0.2, 0.25) is 5.95 Å². The minimum Gasteiger partial charge on any atom is -0.368 e. The van der Waals surface area contributed by atoms with E-state index in [1.165, 1.54) is 24.2 Å². The lowest BCUT2D eigenvalue weighted by atomic mass is 10.2. The molecule has 96 valence electrons. The molecule has 0 aliphatic rings. The van der Waals surface area contributed by atoms with Crippen molar-refractivity contribution in [1.82, 2.24) is 19.9 Å². The second-order valence-corrected chi connectivity index (χ2v) is 4.83. The number of aromatic amines is 1. The predicted octanol–water partition coefficient (Wildman–Crippen LogP) is 2.37. The van der Waals surface area contributed by atoms with E-state index < -0.39 is 0 Å². The van der Waals surface area contributed by atoms with Gasteiger partial charge >= 0.3 is 0 Å². The summed E-state index contributed by atoms with van der Waals surface area (Å²) in [5.74, 6) is 0.408. The summed E-state index contributed by atoms with van der Waals surface area (Å²) in [6, 6.07) is 6.66. The number of fused-ring (bicyclic) bond motifs is 1. The molecule has 0 atom stereocenters. The van der Waals surface area contributed by atoms with Gasteiger partial charge in [-0.25, -0.2) is 14.4 Å². The van der Waals surface area contributed by atoms with Gasteiger partial charge in [-0.2, -0.15) is 4.98 Å². The number of H-pyrrole nitrogens is 1. The van der Waals surface area contributed by atoms with Crippen LogP contribution in [0.3, 0.4) is 0 Å². The van der Waals surface area contributed by atoms with Crippen LogP contribution in [0.5, 0.6) is 0 Å². The third kappa shape index (κ3) is 2.37. The second kappa shape index (κ2) is 4.85. The molecule has 2 heterocycles. The lowest BCUT2D eigenvalue weighted by Gasteiger charge is -2.04. The molecule has 0 spiro atoms. The molecule has 0 unspecified atom stereocenters. The summed E-state index contributed by atoms with van der Waals surface area (Å²) in [5.41, 5.74) is 7.48. The molecule has 0 aliphatic heterocycles. The lowest BCUT2D eigenvalue weighted by molar-refractivity contribution is 0.617. The van der Waals surface area contributed by atoms with Gasteiger partial charge in [0, 0.05) is 5.75 Å². The van der Waals surface area contributed by atoms with Gasteiger partial charge in [-0.15, -0.1) is 0 Å². The summed E-state index contributed by atoms with van der Waals surface area (Å²) in [6.45, 7) is 0. The smallest absolute Gasteiger partial charge is 0.223 e. The Morgan fingerprint density at radius 2 is 2.11 bits per heavy atom. The zero-order valence-corrected chi connectivity index (χ0v) is 10.6. The highest BCUT2D eigenvalue weighted by molar-refractivity contribution is 7.98. The Hall–Kier alpha value is -2.15. The van der Waals surface area contributed by atoms with Crippen LogP contribution in [0.15, 0.2) is 35.6 Å². The molecule has 0 bridgehead atoms. The zero-order valence-electron chi connectivity index (χ0n) is 9.80. The van der Waals surface area contributed by atoms with Gasteiger partial charge in [0.05, 0.1) is 6.33 Å². The lowest BCUT2D eigenvalue weighted by Crippen LogP contribution is -1.97. The fourth-order valence-corrected chi connectivity index (χ4v) is 2.67. The van der Waals surface area contributed by atoms with Crippen LogP contribution in [0.1, 0.15) is 5.56 Å². The highest BCUT2D eigenvalue weighted by Crippen LogP contribution is 2.27. The first-order chi connectivity index (χ1) is 9.24. The molecule has 19 heavy (non-hydrogen) atoms. The number of nitrogens with zero attached hydrogens (tertiary/aromatic N) is 3. The van der Waals surface area contributed by atoms with Crippen LogP contribution in [0.2, 0.25) is 0 Å². The van der Waals surface area contributed by atoms with Gasteiger partial charge in [0.25, 0.3) is 0 Å². The number of nitrogens with two attached hydrogens (primary N) is 1. The Morgan fingerprint density at radius 1 is 1.26 bits per heavy atom. The zero-order chi connectivity index (χ0) is 13.2. The maximum Gasteiger partial charge on any atom is 0.223 e. The highest BCUT2D eigenvalue weighted by Gasteiger charge is 2.10. The minimum atomic E-state index is -0.224. The number of hydrogen-bond donors (Lipinski definition) is 2. The quantitative estimate of drug-likeness (QED) is 0.566. The molecule has 0 saturated carbocycles. The molecule has 0 aliphatic carbocycles. The standard InChI is InChI=1S/C12H10FN5S/c13-8-4-2-1-3-7(8)5-19-11-9-10(16-6-15-9)17-12(14)18-11/h1-4,6H,5H2,(H3,14,15,16,17,18). The largest absolute Gasteiger partial charge is 0.368 e. The Labute approximate surface area is 112 Å². The van der Waals surface area contributed by atoms with Gasteiger partial charge < -0.3 is 10.7 Å². The third-order valence-corrected chi connectivity index (χ3v) is 3.62. The van der Waals surface area contributed by atoms with Crippen molar-refractivity contribution < 1.29 is 4.39 Å². The molecule has 7 heteroatoms. The van der Waals surface area contributed by atoms with Crippen molar-refractivity contribution in [3.05, 3.63) is 42.0 Å². The molecular weight excluding hydrogens is 265 g/mol. The first-order valence-corrected chi connectivity index (χ1v) is 6.55. The summed E-state index contributed by atoms with van der Waals surface area (Å²) < 4.78 is 13.5. The topological polar surface area (TPSA) is 80.5 Å². The number of aromatic nitrogens is 4. The summed E-state index contributed by atoms with van der Waals surface area (Å²) in [4.78, 5) is 15.2. The van der Waals surface area contributed by atoms with Crippen LogP contribution in [-0.2, 0) is 5.75 Å². The minimum absolute atomic E-state index is 0.163. The number of halogens is 1. The SMILES string of the molecule is Nc1nc(SCc2ccccc2F)c2[nH]cnc2n1. The highest BCUT2D eigenvalue weighted by atomic mass is 32.2. The predicted molar refractivity (Wildman–Crippen MR) is 72.1 cm³/mol. The fraction of sp³-hybridized carbons (Fsp3) is 0.0833. The average molecular weight is 275 g/mol. The van der Waals surface area contributed by atoms with Crippen molar-refractivity contribution in [2.45, 2.75) is 10.8 Å². The number of imidazole rings is 1. The van der Waals surface area contributed by atoms with E-state index in [1.807, 2.05) is 0 Å². The van der Waals surface area contributed by atoms with Crippen LogP contribution in [-0.4, -0.2) is 19.9 Å². The van der Waals surface area contributed by atoms with Crippen molar-refractivity contribution in [1.29, 1.82) is 0 Å². The number of rotatable bonds is 3. The summed E-state index contributed by atoms with van der Waals surface area (Å²) in [5, 5.41) is 0.670. The van der Waals surface area contributed by atoms with E-state index in [4.69, 9.17) is 5.73 Å². The summed E-state index contributed by atoms with van der Waals surface area (Å²) in [7, 11) is 0. The molecule has 1 aromatic carbocycles. The molecule has 0 saturated heterocycles. The van der Waals surface area contributed by atoms with Crippen LogP contribution in [0, 0.1) is 5.82 Å². The van der Waals surface area contributed by atoms with Gasteiger partial charge in [0.1, 0.15) is 16.4 Å². The Kier molecular flexibility index (Phi) is 3.04.